The first-order chi connectivity index (χ1) is 10.9. The number of aryl methyl sites for hydroxylation is 1. The quantitative estimate of drug-likeness (QED) is 0.897. The molecule has 1 saturated carbocycles. The molecule has 2 rings (SSSR count). The summed E-state index contributed by atoms with van der Waals surface area (Å²) < 4.78 is 0. The highest BCUT2D eigenvalue weighted by Crippen LogP contribution is 2.24. The highest BCUT2D eigenvalue weighted by atomic mass is 16.2. The first-order valence-corrected chi connectivity index (χ1v) is 8.26. The number of carbonyl (C=O) groups is 2. The fourth-order valence-corrected chi connectivity index (χ4v) is 2.90. The van der Waals surface area contributed by atoms with E-state index in [9.17, 15) is 9.59 Å². The van der Waals surface area contributed by atoms with Crippen molar-refractivity contribution in [2.24, 2.45) is 5.92 Å². The molecule has 0 spiro atoms. The number of anilines is 1. The Morgan fingerprint density at radius 3 is 2.39 bits per heavy atom. The van der Waals surface area contributed by atoms with Gasteiger partial charge in [-0.3, -0.25) is 4.79 Å². The summed E-state index contributed by atoms with van der Waals surface area (Å²) in [6.07, 6.45) is 4.40. The minimum Gasteiger partial charge on any atom is -0.345 e. The Morgan fingerprint density at radius 2 is 1.78 bits per heavy atom. The van der Waals surface area contributed by atoms with E-state index in [1.54, 1.807) is 26.2 Å². The van der Waals surface area contributed by atoms with Gasteiger partial charge in [-0.05, 0) is 56.2 Å². The van der Waals surface area contributed by atoms with Crippen molar-refractivity contribution in [2.45, 2.75) is 45.6 Å². The Bertz CT molecular complexity index is 576. The molecule has 0 saturated heterocycles. The molecule has 23 heavy (non-hydrogen) atoms. The summed E-state index contributed by atoms with van der Waals surface area (Å²) in [5, 5.41) is 5.92. The Kier molecular flexibility index (Phi) is 5.64. The second-order valence-corrected chi connectivity index (χ2v) is 6.78. The fraction of sp³-hybridized carbons (Fsp3) is 0.556. The molecule has 0 aromatic heterocycles. The predicted molar refractivity (Wildman–Crippen MR) is 92.8 cm³/mol. The van der Waals surface area contributed by atoms with Gasteiger partial charge in [0.25, 0.3) is 5.91 Å². The van der Waals surface area contributed by atoms with Crippen molar-refractivity contribution in [3.8, 4) is 0 Å². The van der Waals surface area contributed by atoms with Crippen molar-refractivity contribution in [3.05, 3.63) is 29.3 Å². The lowest BCUT2D eigenvalue weighted by Gasteiger charge is -2.27. The first-order valence-electron chi connectivity index (χ1n) is 8.26. The average molecular weight is 317 g/mol. The maximum atomic E-state index is 12.2. The van der Waals surface area contributed by atoms with Crippen LogP contribution in [-0.4, -0.2) is 37.0 Å². The lowest BCUT2D eigenvalue weighted by molar-refractivity contribution is 0.0827. The average Bonchev–Trinajstić information content (AvgIpc) is 2.51. The molecule has 0 radical (unpaired) electrons. The lowest BCUT2D eigenvalue weighted by Crippen LogP contribution is -2.40. The first kappa shape index (κ1) is 17.3. The van der Waals surface area contributed by atoms with Crippen LogP contribution in [0, 0.1) is 12.8 Å². The third kappa shape index (κ3) is 4.71. The van der Waals surface area contributed by atoms with Crippen molar-refractivity contribution in [1.82, 2.24) is 10.2 Å². The molecule has 1 fully saturated rings. The molecule has 1 aromatic rings. The Hall–Kier alpha value is -2.04. The van der Waals surface area contributed by atoms with Gasteiger partial charge in [-0.1, -0.05) is 13.0 Å². The van der Waals surface area contributed by atoms with Crippen LogP contribution in [0.15, 0.2) is 18.2 Å². The number of hydrogen-bond donors (Lipinski definition) is 2. The van der Waals surface area contributed by atoms with Gasteiger partial charge in [-0.2, -0.15) is 0 Å². The Morgan fingerprint density at radius 1 is 1.13 bits per heavy atom. The third-order valence-corrected chi connectivity index (χ3v) is 4.49. The molecule has 5 heteroatoms. The van der Waals surface area contributed by atoms with Crippen LogP contribution in [0.1, 0.15) is 48.5 Å². The molecule has 5 nitrogen and oxygen atoms in total. The van der Waals surface area contributed by atoms with Crippen molar-refractivity contribution < 1.29 is 9.59 Å². The third-order valence-electron chi connectivity index (χ3n) is 4.49. The van der Waals surface area contributed by atoms with Gasteiger partial charge in [-0.25, -0.2) is 4.79 Å². The lowest BCUT2D eigenvalue weighted by atomic mass is 9.87. The Labute approximate surface area is 138 Å². The zero-order valence-electron chi connectivity index (χ0n) is 14.5. The molecule has 0 bridgehead atoms. The van der Waals surface area contributed by atoms with Gasteiger partial charge < -0.3 is 15.5 Å². The van der Waals surface area contributed by atoms with Gasteiger partial charge in [0, 0.05) is 31.4 Å². The molecule has 3 amide bonds. The van der Waals surface area contributed by atoms with Crippen molar-refractivity contribution >= 4 is 17.6 Å². The molecule has 126 valence electrons. The van der Waals surface area contributed by atoms with Crippen LogP contribution < -0.4 is 10.6 Å². The molecular weight excluding hydrogens is 290 g/mol. The van der Waals surface area contributed by atoms with Gasteiger partial charge in [-0.15, -0.1) is 0 Å². The predicted octanol–water partition coefficient (Wildman–Crippen LogP) is 3.40. The molecule has 1 aliphatic rings. The minimum atomic E-state index is -0.192. The number of hydrogen-bond acceptors (Lipinski definition) is 2. The maximum Gasteiger partial charge on any atom is 0.319 e. The second kappa shape index (κ2) is 7.49. The maximum absolute atomic E-state index is 12.2. The van der Waals surface area contributed by atoms with Gasteiger partial charge in [0.05, 0.1) is 0 Å². The molecule has 1 aromatic carbocycles. The van der Waals surface area contributed by atoms with Crippen LogP contribution in [0.3, 0.4) is 0 Å². The number of nitrogens with one attached hydrogen (secondary N) is 2. The molecule has 2 N–H and O–H groups in total. The normalized spacial score (nSPS) is 20.7. The molecule has 0 heterocycles. The van der Waals surface area contributed by atoms with Gasteiger partial charge in [0.2, 0.25) is 0 Å². The summed E-state index contributed by atoms with van der Waals surface area (Å²) in [4.78, 5) is 25.8. The van der Waals surface area contributed by atoms with Crippen LogP contribution in [-0.2, 0) is 0 Å². The van der Waals surface area contributed by atoms with E-state index in [1.807, 2.05) is 13.0 Å². The van der Waals surface area contributed by atoms with E-state index in [2.05, 4.69) is 17.6 Å². The zero-order valence-corrected chi connectivity index (χ0v) is 14.5. The van der Waals surface area contributed by atoms with Crippen LogP contribution in [0.4, 0.5) is 10.5 Å². The Balaban J connectivity index is 2.00. The van der Waals surface area contributed by atoms with Gasteiger partial charge in [0.1, 0.15) is 0 Å². The number of nitrogens with zero attached hydrogens (tertiary/aromatic N) is 1. The van der Waals surface area contributed by atoms with Crippen LogP contribution in [0.5, 0.6) is 0 Å². The smallest absolute Gasteiger partial charge is 0.319 e. The van der Waals surface area contributed by atoms with Crippen molar-refractivity contribution in [3.63, 3.8) is 0 Å². The summed E-state index contributed by atoms with van der Waals surface area (Å²) in [5.41, 5.74) is 2.19. The highest BCUT2D eigenvalue weighted by molar-refractivity contribution is 5.97. The van der Waals surface area contributed by atoms with E-state index in [1.165, 1.54) is 4.90 Å². The molecular formula is C18H27N3O2. The number of benzene rings is 1. The van der Waals surface area contributed by atoms with E-state index >= 15 is 0 Å². The van der Waals surface area contributed by atoms with Crippen LogP contribution in [0.25, 0.3) is 0 Å². The summed E-state index contributed by atoms with van der Waals surface area (Å²) in [5.74, 6) is 0.682. The number of amides is 3. The van der Waals surface area contributed by atoms with Crippen LogP contribution >= 0.6 is 0 Å². The van der Waals surface area contributed by atoms with Gasteiger partial charge in [0.15, 0.2) is 0 Å². The molecule has 0 atom stereocenters. The largest absolute Gasteiger partial charge is 0.345 e. The van der Waals surface area contributed by atoms with Gasteiger partial charge >= 0.3 is 6.03 Å². The van der Waals surface area contributed by atoms with E-state index in [0.29, 0.717) is 11.3 Å². The van der Waals surface area contributed by atoms with Crippen molar-refractivity contribution in [2.75, 3.05) is 19.4 Å². The second-order valence-electron chi connectivity index (χ2n) is 6.78. The van der Waals surface area contributed by atoms with E-state index in [4.69, 9.17) is 0 Å². The van der Waals surface area contributed by atoms with Crippen LogP contribution in [0.2, 0.25) is 0 Å². The zero-order chi connectivity index (χ0) is 17.0. The number of rotatable bonds is 3. The highest BCUT2D eigenvalue weighted by Gasteiger charge is 2.20. The van der Waals surface area contributed by atoms with E-state index in [0.717, 1.165) is 37.2 Å². The van der Waals surface area contributed by atoms with E-state index in [-0.39, 0.29) is 18.0 Å². The monoisotopic (exact) mass is 317 g/mol. The number of carbonyl (C=O) groups excluding carboxylic acids is 2. The summed E-state index contributed by atoms with van der Waals surface area (Å²) in [6, 6.07) is 5.43. The summed E-state index contributed by atoms with van der Waals surface area (Å²) in [7, 11) is 3.43. The number of urea groups is 1. The fourth-order valence-electron chi connectivity index (χ4n) is 2.90. The summed E-state index contributed by atoms with van der Waals surface area (Å²) in [6.45, 7) is 4.18. The van der Waals surface area contributed by atoms with E-state index < -0.39 is 0 Å². The molecule has 0 unspecified atom stereocenters. The van der Waals surface area contributed by atoms with Crippen molar-refractivity contribution in [1.29, 1.82) is 0 Å². The SMILES string of the molecule is Cc1ccc(C(=O)N(C)C)cc1NC(=O)NC1CCC(C)CC1. The topological polar surface area (TPSA) is 61.4 Å². The minimum absolute atomic E-state index is 0.0743. The standard InChI is InChI=1S/C18H27N3O2/c1-12-5-9-15(10-6-12)19-18(23)20-16-11-14(8-7-13(16)2)17(22)21(3)4/h7-8,11-12,15H,5-6,9-10H2,1-4H3,(H2,19,20,23). The molecule has 1 aliphatic carbocycles. The summed E-state index contributed by atoms with van der Waals surface area (Å²) >= 11 is 0. The molecule has 0 aliphatic heterocycles.